The summed E-state index contributed by atoms with van der Waals surface area (Å²) in [6, 6.07) is 25.4. The summed E-state index contributed by atoms with van der Waals surface area (Å²) < 4.78 is 5.90. The maximum absolute atomic E-state index is 13.4. The molecule has 0 spiro atoms. The lowest BCUT2D eigenvalue weighted by Gasteiger charge is -2.16. The summed E-state index contributed by atoms with van der Waals surface area (Å²) >= 11 is 0. The molecule has 1 N–H and O–H groups in total. The number of hydrogen-bond donors (Lipinski definition) is 1. The van der Waals surface area contributed by atoms with Gasteiger partial charge in [0.05, 0.1) is 18.4 Å². The zero-order valence-electron chi connectivity index (χ0n) is 18.8. The number of benzene rings is 3. The Labute approximate surface area is 196 Å². The number of ether oxygens (including phenoxy) is 1. The first kappa shape index (κ1) is 22.7. The Balaban J connectivity index is 1.75. The van der Waals surface area contributed by atoms with Gasteiger partial charge >= 0.3 is 5.97 Å². The zero-order chi connectivity index (χ0) is 24.1. The van der Waals surface area contributed by atoms with Crippen LogP contribution in [0.2, 0.25) is 0 Å². The van der Waals surface area contributed by atoms with Gasteiger partial charge in [-0.1, -0.05) is 72.8 Å². The highest BCUT2D eigenvalue weighted by Gasteiger charge is 2.24. The summed E-state index contributed by atoms with van der Waals surface area (Å²) in [5.41, 5.74) is 3.26. The minimum absolute atomic E-state index is 0.0220. The third-order valence-corrected chi connectivity index (χ3v) is 5.41. The SMILES string of the molecule is COC(=O)c1ccc(CNC(=O)c2c(-c3ccccc3)c(-c3ccccc3)nn(C)c2=O)cc1. The molecule has 0 radical (unpaired) electrons. The predicted octanol–water partition coefficient (Wildman–Crippen LogP) is 3.83. The van der Waals surface area contributed by atoms with Gasteiger partial charge in [0.2, 0.25) is 0 Å². The maximum Gasteiger partial charge on any atom is 0.337 e. The highest BCUT2D eigenvalue weighted by molar-refractivity contribution is 6.03. The number of aryl methyl sites for hydroxylation is 1. The lowest BCUT2D eigenvalue weighted by Crippen LogP contribution is -2.34. The third-order valence-electron chi connectivity index (χ3n) is 5.41. The van der Waals surface area contributed by atoms with E-state index in [1.54, 1.807) is 24.3 Å². The molecule has 170 valence electrons. The number of nitrogens with zero attached hydrogens (tertiary/aromatic N) is 2. The lowest BCUT2D eigenvalue weighted by atomic mass is 9.95. The van der Waals surface area contributed by atoms with Crippen LogP contribution in [0.1, 0.15) is 26.3 Å². The smallest absolute Gasteiger partial charge is 0.337 e. The molecule has 0 aliphatic carbocycles. The van der Waals surface area contributed by atoms with Gasteiger partial charge in [0.1, 0.15) is 5.56 Å². The molecular formula is C27H23N3O4. The van der Waals surface area contributed by atoms with Gasteiger partial charge in [-0.15, -0.1) is 0 Å². The van der Waals surface area contributed by atoms with Crippen molar-refractivity contribution in [2.24, 2.45) is 7.05 Å². The second-order valence-electron chi connectivity index (χ2n) is 7.63. The van der Waals surface area contributed by atoms with Gasteiger partial charge < -0.3 is 10.1 Å². The number of amides is 1. The molecule has 7 nitrogen and oxygen atoms in total. The monoisotopic (exact) mass is 453 g/mol. The van der Waals surface area contributed by atoms with Crippen LogP contribution >= 0.6 is 0 Å². The van der Waals surface area contributed by atoms with Crippen LogP contribution < -0.4 is 10.9 Å². The van der Waals surface area contributed by atoms with Crippen LogP contribution in [0.15, 0.2) is 89.7 Å². The Morgan fingerprint density at radius 2 is 1.47 bits per heavy atom. The number of carbonyl (C=O) groups is 2. The van der Waals surface area contributed by atoms with Gasteiger partial charge in [-0.2, -0.15) is 5.10 Å². The molecule has 4 aromatic rings. The van der Waals surface area contributed by atoms with Crippen LogP contribution in [-0.2, 0) is 18.3 Å². The van der Waals surface area contributed by atoms with Crippen molar-refractivity contribution < 1.29 is 14.3 Å². The van der Waals surface area contributed by atoms with Crippen LogP contribution in [0.25, 0.3) is 22.4 Å². The zero-order valence-corrected chi connectivity index (χ0v) is 18.8. The number of esters is 1. The van der Waals surface area contributed by atoms with Gasteiger partial charge in [0, 0.05) is 24.7 Å². The van der Waals surface area contributed by atoms with Crippen molar-refractivity contribution in [2.45, 2.75) is 6.54 Å². The number of rotatable bonds is 6. The molecule has 7 heteroatoms. The first-order valence-electron chi connectivity index (χ1n) is 10.7. The molecule has 1 aromatic heterocycles. The van der Waals surface area contributed by atoms with E-state index < -0.39 is 17.4 Å². The fraction of sp³-hybridized carbons (Fsp3) is 0.111. The molecular weight excluding hydrogens is 430 g/mol. The van der Waals surface area contributed by atoms with Crippen molar-refractivity contribution in [3.8, 4) is 22.4 Å². The predicted molar refractivity (Wildman–Crippen MR) is 129 cm³/mol. The lowest BCUT2D eigenvalue weighted by molar-refractivity contribution is 0.0600. The van der Waals surface area contributed by atoms with E-state index in [1.165, 1.54) is 18.8 Å². The summed E-state index contributed by atoms with van der Waals surface area (Å²) in [7, 11) is 2.85. The number of methoxy groups -OCH3 is 1. The summed E-state index contributed by atoms with van der Waals surface area (Å²) in [4.78, 5) is 38.1. The quantitative estimate of drug-likeness (QED) is 0.448. The maximum atomic E-state index is 13.4. The topological polar surface area (TPSA) is 90.3 Å². The molecule has 1 amide bonds. The van der Waals surface area contributed by atoms with Crippen LogP contribution in [-0.4, -0.2) is 28.8 Å². The minimum atomic E-state index is -0.504. The summed E-state index contributed by atoms with van der Waals surface area (Å²) in [5, 5.41) is 7.33. The molecule has 0 aliphatic heterocycles. The first-order chi connectivity index (χ1) is 16.5. The molecule has 0 saturated carbocycles. The molecule has 0 atom stereocenters. The van der Waals surface area contributed by atoms with E-state index >= 15 is 0 Å². The molecule has 0 unspecified atom stereocenters. The van der Waals surface area contributed by atoms with E-state index in [9.17, 15) is 14.4 Å². The van der Waals surface area contributed by atoms with Crippen molar-refractivity contribution in [2.75, 3.05) is 7.11 Å². The number of hydrogen-bond acceptors (Lipinski definition) is 5. The molecule has 4 rings (SSSR count). The van der Waals surface area contributed by atoms with Crippen molar-refractivity contribution in [1.82, 2.24) is 15.1 Å². The largest absolute Gasteiger partial charge is 0.465 e. The third kappa shape index (κ3) is 4.63. The van der Waals surface area contributed by atoms with Gasteiger partial charge in [0.25, 0.3) is 11.5 Å². The van der Waals surface area contributed by atoms with Crippen molar-refractivity contribution in [3.05, 3.63) is 112 Å². The highest BCUT2D eigenvalue weighted by atomic mass is 16.5. The normalized spacial score (nSPS) is 10.5. The van der Waals surface area contributed by atoms with E-state index in [2.05, 4.69) is 10.4 Å². The Morgan fingerprint density at radius 1 is 0.882 bits per heavy atom. The standard InChI is InChI=1S/C27H23N3O4/c1-30-26(32)23(25(31)28-17-18-13-15-21(16-14-18)27(33)34-2)22(19-9-5-3-6-10-19)24(29-30)20-11-7-4-8-12-20/h3-16H,17H2,1-2H3,(H,28,31). The van der Waals surface area contributed by atoms with Gasteiger partial charge in [-0.25, -0.2) is 9.48 Å². The molecule has 34 heavy (non-hydrogen) atoms. The molecule has 0 fully saturated rings. The molecule has 3 aromatic carbocycles. The van der Waals surface area contributed by atoms with Crippen LogP contribution in [0, 0.1) is 0 Å². The fourth-order valence-electron chi connectivity index (χ4n) is 3.67. The van der Waals surface area contributed by atoms with E-state index in [0.717, 1.165) is 16.7 Å². The average molecular weight is 453 g/mol. The number of nitrogens with one attached hydrogen (secondary N) is 1. The molecule has 0 aliphatic rings. The van der Waals surface area contributed by atoms with Crippen LogP contribution in [0.4, 0.5) is 0 Å². The van der Waals surface area contributed by atoms with Crippen LogP contribution in [0.5, 0.6) is 0 Å². The van der Waals surface area contributed by atoms with Gasteiger partial charge in [0.15, 0.2) is 0 Å². The van der Waals surface area contributed by atoms with Gasteiger partial charge in [-0.05, 0) is 23.3 Å². The van der Waals surface area contributed by atoms with Gasteiger partial charge in [-0.3, -0.25) is 9.59 Å². The van der Waals surface area contributed by atoms with E-state index in [4.69, 9.17) is 4.74 Å². The van der Waals surface area contributed by atoms with E-state index in [-0.39, 0.29) is 12.1 Å². The Bertz CT molecular complexity index is 1380. The molecule has 1 heterocycles. The Kier molecular flexibility index (Phi) is 6.64. The van der Waals surface area contributed by atoms with Crippen molar-refractivity contribution in [3.63, 3.8) is 0 Å². The second-order valence-corrected chi connectivity index (χ2v) is 7.63. The molecule has 0 saturated heterocycles. The fourth-order valence-corrected chi connectivity index (χ4v) is 3.67. The Morgan fingerprint density at radius 3 is 2.06 bits per heavy atom. The summed E-state index contributed by atoms with van der Waals surface area (Å²) in [6.07, 6.45) is 0. The minimum Gasteiger partial charge on any atom is -0.465 e. The second kappa shape index (κ2) is 9.95. The number of carbonyl (C=O) groups excluding carboxylic acids is 2. The average Bonchev–Trinajstić information content (AvgIpc) is 2.89. The summed E-state index contributed by atoms with van der Waals surface area (Å²) in [6.45, 7) is 0.181. The Hall–Kier alpha value is -4.52. The highest BCUT2D eigenvalue weighted by Crippen LogP contribution is 2.31. The first-order valence-corrected chi connectivity index (χ1v) is 10.7. The van der Waals surface area contributed by atoms with E-state index in [1.807, 2.05) is 60.7 Å². The summed E-state index contributed by atoms with van der Waals surface area (Å²) in [5.74, 6) is -0.937. The van der Waals surface area contributed by atoms with Crippen LogP contribution in [0.3, 0.4) is 0 Å². The number of aromatic nitrogens is 2. The van der Waals surface area contributed by atoms with Crippen molar-refractivity contribution >= 4 is 11.9 Å². The van der Waals surface area contributed by atoms with Crippen molar-refractivity contribution in [1.29, 1.82) is 0 Å². The molecule has 0 bridgehead atoms. The van der Waals surface area contributed by atoms with E-state index in [0.29, 0.717) is 16.8 Å².